The lowest BCUT2D eigenvalue weighted by Crippen LogP contribution is -2.08. The smallest absolute Gasteiger partial charge is 0.305 e. The van der Waals surface area contributed by atoms with Gasteiger partial charge in [-0.3, -0.25) is 14.9 Å². The van der Waals surface area contributed by atoms with Crippen molar-refractivity contribution in [3.63, 3.8) is 0 Å². The van der Waals surface area contributed by atoms with Crippen LogP contribution in [0.3, 0.4) is 0 Å². The number of carbonyl (C=O) groups excluding carboxylic acids is 1. The fraction of sp³-hybridized carbons (Fsp3) is 0.611. The number of esters is 1. The third-order valence-electron chi connectivity index (χ3n) is 4.57. The summed E-state index contributed by atoms with van der Waals surface area (Å²) in [7, 11) is 0. The summed E-state index contributed by atoms with van der Waals surface area (Å²) in [6, 6.07) is 5.29. The highest BCUT2D eigenvalue weighted by molar-refractivity contribution is 6.20. The van der Waals surface area contributed by atoms with Crippen molar-refractivity contribution in [1.29, 1.82) is 0 Å². The average molecular weight is 354 g/mol. The number of hydrogen-bond donors (Lipinski definition) is 0. The normalized spacial score (nSPS) is 16.6. The Balaban J connectivity index is 2.12. The van der Waals surface area contributed by atoms with Crippen molar-refractivity contribution in [2.75, 3.05) is 6.61 Å². The van der Waals surface area contributed by atoms with E-state index >= 15 is 0 Å². The minimum atomic E-state index is -0.437. The largest absolute Gasteiger partial charge is 0.466 e. The molecule has 1 aromatic carbocycles. The van der Waals surface area contributed by atoms with Gasteiger partial charge in [0.05, 0.1) is 16.9 Å². The predicted octanol–water partition coefficient (Wildman–Crippen LogP) is 5.27. The maximum Gasteiger partial charge on any atom is 0.305 e. The molecule has 132 valence electrons. The van der Waals surface area contributed by atoms with Gasteiger partial charge in [0, 0.05) is 18.1 Å². The molecule has 0 spiro atoms. The first-order valence-corrected chi connectivity index (χ1v) is 9.04. The van der Waals surface area contributed by atoms with Crippen LogP contribution in [0.15, 0.2) is 18.2 Å². The van der Waals surface area contributed by atoms with Crippen molar-refractivity contribution < 1.29 is 14.5 Å². The molecule has 0 aliphatic heterocycles. The van der Waals surface area contributed by atoms with E-state index in [1.807, 2.05) is 12.1 Å². The molecule has 5 nitrogen and oxygen atoms in total. The topological polar surface area (TPSA) is 69.4 Å². The molecule has 0 saturated heterocycles. The molecule has 2 rings (SSSR count). The molecule has 24 heavy (non-hydrogen) atoms. The summed E-state index contributed by atoms with van der Waals surface area (Å²) in [6.45, 7) is 2.09. The number of hydrogen-bond acceptors (Lipinski definition) is 4. The molecule has 1 saturated carbocycles. The molecule has 1 atom stereocenters. The Morgan fingerprint density at radius 2 is 2.08 bits per heavy atom. The Kier molecular flexibility index (Phi) is 7.03. The average Bonchev–Trinajstić information content (AvgIpc) is 2.60. The first-order valence-electron chi connectivity index (χ1n) is 8.60. The lowest BCUT2D eigenvalue weighted by Gasteiger charge is -2.22. The highest BCUT2D eigenvalue weighted by Gasteiger charge is 2.25. The monoisotopic (exact) mass is 353 g/mol. The minimum Gasteiger partial charge on any atom is -0.466 e. The zero-order chi connectivity index (χ0) is 17.5. The van der Waals surface area contributed by atoms with E-state index in [9.17, 15) is 14.9 Å². The van der Waals surface area contributed by atoms with Gasteiger partial charge in [-0.05, 0) is 37.7 Å². The van der Waals surface area contributed by atoms with Crippen LogP contribution in [0.1, 0.15) is 74.3 Å². The highest BCUT2D eigenvalue weighted by atomic mass is 35.5. The highest BCUT2D eigenvalue weighted by Crippen LogP contribution is 2.39. The van der Waals surface area contributed by atoms with Crippen molar-refractivity contribution in [3.05, 3.63) is 39.4 Å². The molecular weight excluding hydrogens is 330 g/mol. The van der Waals surface area contributed by atoms with Gasteiger partial charge in [-0.15, -0.1) is 11.6 Å². The predicted molar refractivity (Wildman–Crippen MR) is 93.4 cm³/mol. The Morgan fingerprint density at radius 3 is 2.71 bits per heavy atom. The third-order valence-corrected chi connectivity index (χ3v) is 5.04. The molecule has 0 N–H and O–H groups in total. The zero-order valence-electron chi connectivity index (χ0n) is 14.0. The summed E-state index contributed by atoms with van der Waals surface area (Å²) in [5.74, 6) is -0.0296. The SMILES string of the molecule is CCOC(=O)CCC(Cl)c1ccc(C2CCCCC2)c([N+](=O)[O-])c1. The number of nitro groups is 1. The number of nitro benzene ring substituents is 1. The van der Waals surface area contributed by atoms with Crippen LogP contribution in [-0.4, -0.2) is 17.5 Å². The number of halogens is 1. The van der Waals surface area contributed by atoms with Crippen LogP contribution < -0.4 is 0 Å². The summed E-state index contributed by atoms with van der Waals surface area (Å²) >= 11 is 6.33. The van der Waals surface area contributed by atoms with Gasteiger partial charge in [0.1, 0.15) is 0 Å². The van der Waals surface area contributed by atoms with Crippen molar-refractivity contribution >= 4 is 23.3 Å². The number of alkyl halides is 1. The number of rotatable bonds is 7. The van der Waals surface area contributed by atoms with E-state index in [0.29, 0.717) is 18.6 Å². The minimum absolute atomic E-state index is 0.154. The first kappa shape index (κ1) is 18.7. The molecule has 1 fully saturated rings. The molecule has 6 heteroatoms. The molecule has 1 aliphatic carbocycles. The van der Waals surface area contributed by atoms with Crippen LogP contribution in [0.5, 0.6) is 0 Å². The molecule has 0 radical (unpaired) electrons. The van der Waals surface area contributed by atoms with E-state index in [1.54, 1.807) is 13.0 Å². The molecule has 1 aromatic rings. The van der Waals surface area contributed by atoms with Crippen molar-refractivity contribution in [3.8, 4) is 0 Å². The van der Waals surface area contributed by atoms with Gasteiger partial charge in [0.2, 0.25) is 0 Å². The fourth-order valence-electron chi connectivity index (χ4n) is 3.32. The first-order chi connectivity index (χ1) is 11.5. The van der Waals surface area contributed by atoms with Gasteiger partial charge in [-0.1, -0.05) is 31.4 Å². The Morgan fingerprint density at radius 1 is 1.38 bits per heavy atom. The summed E-state index contributed by atoms with van der Waals surface area (Å²) in [4.78, 5) is 22.6. The quantitative estimate of drug-likeness (QED) is 0.290. The molecule has 0 amide bonds. The van der Waals surface area contributed by atoms with Crippen molar-refractivity contribution in [2.45, 2.75) is 63.2 Å². The standard InChI is InChI=1S/C18H24ClNO4/c1-2-24-18(21)11-10-16(19)14-8-9-15(17(12-14)20(22)23)13-6-4-3-5-7-13/h8-9,12-13,16H,2-7,10-11H2,1H3. The molecule has 1 unspecified atom stereocenters. The summed E-state index contributed by atoms with van der Waals surface area (Å²) in [5.41, 5.74) is 1.66. The van der Waals surface area contributed by atoms with Gasteiger partial charge in [0.15, 0.2) is 0 Å². The Hall–Kier alpha value is -1.62. The Labute approximate surface area is 147 Å². The maximum absolute atomic E-state index is 11.5. The van der Waals surface area contributed by atoms with E-state index in [2.05, 4.69) is 0 Å². The van der Waals surface area contributed by atoms with E-state index in [4.69, 9.17) is 16.3 Å². The third kappa shape index (κ3) is 4.94. The second-order valence-electron chi connectivity index (χ2n) is 6.22. The molecule has 0 bridgehead atoms. The van der Waals surface area contributed by atoms with Crippen molar-refractivity contribution in [2.24, 2.45) is 0 Å². The van der Waals surface area contributed by atoms with Crippen LogP contribution in [0.25, 0.3) is 0 Å². The van der Waals surface area contributed by atoms with E-state index in [1.165, 1.54) is 6.42 Å². The van der Waals surface area contributed by atoms with Crippen LogP contribution in [-0.2, 0) is 9.53 Å². The van der Waals surface area contributed by atoms with Crippen LogP contribution in [0.2, 0.25) is 0 Å². The molecule has 1 aliphatic rings. The fourth-order valence-corrected chi connectivity index (χ4v) is 3.56. The van der Waals surface area contributed by atoms with Gasteiger partial charge in [-0.2, -0.15) is 0 Å². The number of ether oxygens (including phenoxy) is 1. The molecular formula is C18H24ClNO4. The van der Waals surface area contributed by atoms with E-state index in [-0.39, 0.29) is 28.9 Å². The Bertz CT molecular complexity index is 584. The lowest BCUT2D eigenvalue weighted by atomic mass is 9.83. The molecule has 0 heterocycles. The van der Waals surface area contributed by atoms with Gasteiger partial charge < -0.3 is 4.74 Å². The number of benzene rings is 1. The molecule has 0 aromatic heterocycles. The van der Waals surface area contributed by atoms with Crippen molar-refractivity contribution in [1.82, 2.24) is 0 Å². The summed E-state index contributed by atoms with van der Waals surface area (Å²) < 4.78 is 4.88. The second-order valence-corrected chi connectivity index (χ2v) is 6.75. The van der Waals surface area contributed by atoms with Gasteiger partial charge >= 0.3 is 5.97 Å². The summed E-state index contributed by atoms with van der Waals surface area (Å²) in [6.07, 6.45) is 6.09. The van der Waals surface area contributed by atoms with Crippen LogP contribution in [0, 0.1) is 10.1 Å². The van der Waals surface area contributed by atoms with E-state index < -0.39 is 5.38 Å². The van der Waals surface area contributed by atoms with Gasteiger partial charge in [0.25, 0.3) is 5.69 Å². The maximum atomic E-state index is 11.5. The lowest BCUT2D eigenvalue weighted by molar-refractivity contribution is -0.385. The van der Waals surface area contributed by atoms with Crippen LogP contribution in [0.4, 0.5) is 5.69 Å². The number of nitrogens with zero attached hydrogens (tertiary/aromatic N) is 1. The summed E-state index contributed by atoms with van der Waals surface area (Å²) in [5, 5.41) is 11.0. The van der Waals surface area contributed by atoms with Gasteiger partial charge in [-0.25, -0.2) is 0 Å². The van der Waals surface area contributed by atoms with Crippen LogP contribution >= 0.6 is 11.6 Å². The van der Waals surface area contributed by atoms with E-state index in [0.717, 1.165) is 31.2 Å². The number of carbonyl (C=O) groups is 1. The second kappa shape index (κ2) is 9.02. The zero-order valence-corrected chi connectivity index (χ0v) is 14.8.